The number of pyridine rings is 2. The fourth-order valence-corrected chi connectivity index (χ4v) is 4.13. The first-order valence-electron chi connectivity index (χ1n) is 9.92. The third-order valence-electron chi connectivity index (χ3n) is 5.18. The summed E-state index contributed by atoms with van der Waals surface area (Å²) >= 11 is 3.48. The Balaban J connectivity index is 1.63. The summed E-state index contributed by atoms with van der Waals surface area (Å²) in [6.07, 6.45) is 6.31. The van der Waals surface area contributed by atoms with Crippen LogP contribution in [0.5, 0.6) is 0 Å². The lowest BCUT2D eigenvalue weighted by molar-refractivity contribution is -0.119. The Morgan fingerprint density at radius 2 is 2.10 bits per heavy atom. The predicted molar refractivity (Wildman–Crippen MR) is 120 cm³/mol. The number of nitrogens with one attached hydrogen (secondary N) is 2. The van der Waals surface area contributed by atoms with Gasteiger partial charge in [-0.25, -0.2) is 15.0 Å². The zero-order chi connectivity index (χ0) is 21.3. The van der Waals surface area contributed by atoms with Gasteiger partial charge in [0.15, 0.2) is 0 Å². The van der Waals surface area contributed by atoms with E-state index < -0.39 is 0 Å². The van der Waals surface area contributed by atoms with Gasteiger partial charge in [-0.1, -0.05) is 0 Å². The van der Waals surface area contributed by atoms with Crippen LogP contribution in [-0.2, 0) is 4.79 Å². The molecule has 1 aliphatic heterocycles. The molecule has 9 heteroatoms. The fraction of sp³-hybridized carbons (Fsp3) is 0.381. The highest BCUT2D eigenvalue weighted by Gasteiger charge is 2.24. The first kappa shape index (κ1) is 20.5. The monoisotopic (exact) mass is 469 g/mol. The van der Waals surface area contributed by atoms with Crippen molar-refractivity contribution in [3.8, 4) is 0 Å². The Labute approximate surface area is 183 Å². The standard InChI is InChI=1S/C21H24BrN7O/c1-12(15-6-16(22)9-23-8-15)25-21-18-7-20(24-10-19(18)26-13(2)27-21)29-5-4-17(11-29)28-14(3)30/h6-10,12,17H,4-5,11H2,1-3H3,(H,28,30)(H,25,26,27)/t12-,17-/m1/s1. The molecule has 4 heterocycles. The van der Waals surface area contributed by atoms with E-state index in [4.69, 9.17) is 0 Å². The van der Waals surface area contributed by atoms with Crippen molar-refractivity contribution in [2.75, 3.05) is 23.3 Å². The minimum Gasteiger partial charge on any atom is -0.363 e. The maximum Gasteiger partial charge on any atom is 0.217 e. The maximum absolute atomic E-state index is 11.4. The molecular formula is C21H24BrN7O. The molecule has 0 aromatic carbocycles. The van der Waals surface area contributed by atoms with Crippen molar-refractivity contribution in [2.24, 2.45) is 0 Å². The lowest BCUT2D eigenvalue weighted by Crippen LogP contribution is -2.35. The number of fused-ring (bicyclic) bond motifs is 1. The summed E-state index contributed by atoms with van der Waals surface area (Å²) in [5.74, 6) is 2.32. The Hall–Kier alpha value is -2.81. The summed E-state index contributed by atoms with van der Waals surface area (Å²) in [4.78, 5) is 31.6. The van der Waals surface area contributed by atoms with Crippen molar-refractivity contribution in [1.29, 1.82) is 0 Å². The Morgan fingerprint density at radius 3 is 2.87 bits per heavy atom. The van der Waals surface area contributed by atoms with Gasteiger partial charge in [0.1, 0.15) is 17.5 Å². The molecule has 2 N–H and O–H groups in total. The summed E-state index contributed by atoms with van der Waals surface area (Å²) in [7, 11) is 0. The number of carbonyl (C=O) groups excluding carboxylic acids is 1. The molecular weight excluding hydrogens is 446 g/mol. The van der Waals surface area contributed by atoms with E-state index in [1.807, 2.05) is 25.3 Å². The molecule has 1 saturated heterocycles. The van der Waals surface area contributed by atoms with Gasteiger partial charge in [-0.05, 0) is 53.9 Å². The summed E-state index contributed by atoms with van der Waals surface area (Å²) in [5, 5.41) is 7.42. The van der Waals surface area contributed by atoms with Crippen LogP contribution in [0.2, 0.25) is 0 Å². The number of hydrogen-bond donors (Lipinski definition) is 2. The maximum atomic E-state index is 11.4. The minimum absolute atomic E-state index is 0.000270. The van der Waals surface area contributed by atoms with Gasteiger partial charge < -0.3 is 15.5 Å². The number of carbonyl (C=O) groups is 1. The Bertz CT molecular complexity index is 1090. The summed E-state index contributed by atoms with van der Waals surface area (Å²) in [6, 6.07) is 4.23. The highest BCUT2D eigenvalue weighted by Crippen LogP contribution is 2.29. The van der Waals surface area contributed by atoms with E-state index in [1.165, 1.54) is 0 Å². The van der Waals surface area contributed by atoms with Crippen LogP contribution in [0.4, 0.5) is 11.6 Å². The lowest BCUT2D eigenvalue weighted by atomic mass is 10.1. The van der Waals surface area contributed by atoms with Crippen LogP contribution < -0.4 is 15.5 Å². The molecule has 8 nitrogen and oxygen atoms in total. The molecule has 1 fully saturated rings. The van der Waals surface area contributed by atoms with Crippen LogP contribution in [0.25, 0.3) is 10.9 Å². The van der Waals surface area contributed by atoms with Crippen LogP contribution in [0.3, 0.4) is 0 Å². The predicted octanol–water partition coefficient (Wildman–Crippen LogP) is 3.38. The van der Waals surface area contributed by atoms with Crippen LogP contribution >= 0.6 is 15.9 Å². The molecule has 1 amide bonds. The van der Waals surface area contributed by atoms with E-state index in [-0.39, 0.29) is 18.0 Å². The Morgan fingerprint density at radius 1 is 1.27 bits per heavy atom. The second kappa shape index (κ2) is 8.51. The van der Waals surface area contributed by atoms with E-state index in [0.717, 1.165) is 52.1 Å². The quantitative estimate of drug-likeness (QED) is 0.590. The minimum atomic E-state index is -0.000270. The number of aryl methyl sites for hydroxylation is 1. The van der Waals surface area contributed by atoms with Crippen molar-refractivity contribution >= 4 is 44.4 Å². The van der Waals surface area contributed by atoms with Gasteiger partial charge in [0.2, 0.25) is 5.91 Å². The normalized spacial score (nSPS) is 17.2. The molecule has 3 aromatic rings. The highest BCUT2D eigenvalue weighted by atomic mass is 79.9. The van der Waals surface area contributed by atoms with Crippen LogP contribution in [0, 0.1) is 6.92 Å². The molecule has 0 bridgehead atoms. The number of amides is 1. The smallest absolute Gasteiger partial charge is 0.217 e. The average molecular weight is 470 g/mol. The van der Waals surface area contributed by atoms with Crippen molar-refractivity contribution < 1.29 is 4.79 Å². The zero-order valence-electron chi connectivity index (χ0n) is 17.2. The van der Waals surface area contributed by atoms with Crippen molar-refractivity contribution in [3.05, 3.63) is 46.6 Å². The van der Waals surface area contributed by atoms with E-state index in [1.54, 1.807) is 19.3 Å². The number of halogens is 1. The number of aromatic nitrogens is 4. The van der Waals surface area contributed by atoms with Crippen LogP contribution in [0.15, 0.2) is 35.2 Å². The van der Waals surface area contributed by atoms with Gasteiger partial charge in [0, 0.05) is 48.3 Å². The number of nitrogens with zero attached hydrogens (tertiary/aromatic N) is 5. The van der Waals surface area contributed by atoms with E-state index >= 15 is 0 Å². The molecule has 1 aliphatic rings. The molecule has 4 rings (SSSR count). The first-order chi connectivity index (χ1) is 14.4. The highest BCUT2D eigenvalue weighted by molar-refractivity contribution is 9.10. The molecule has 0 aliphatic carbocycles. The summed E-state index contributed by atoms with van der Waals surface area (Å²) < 4.78 is 0.937. The molecule has 0 radical (unpaired) electrons. The van der Waals surface area contributed by atoms with Crippen LogP contribution in [0.1, 0.15) is 37.7 Å². The molecule has 2 atom stereocenters. The molecule has 30 heavy (non-hydrogen) atoms. The number of anilines is 2. The van der Waals surface area contributed by atoms with Gasteiger partial charge in [-0.15, -0.1) is 0 Å². The molecule has 3 aromatic heterocycles. The third-order valence-corrected chi connectivity index (χ3v) is 5.61. The summed E-state index contributed by atoms with van der Waals surface area (Å²) in [6.45, 7) is 7.10. The number of rotatable bonds is 5. The first-order valence-corrected chi connectivity index (χ1v) is 10.7. The SMILES string of the molecule is CC(=O)N[C@@H]1CCN(c2cc3c(N[C@H](C)c4cncc(Br)c4)nc(C)nc3cn2)C1. The molecule has 0 unspecified atom stereocenters. The topological polar surface area (TPSA) is 95.9 Å². The van der Waals surface area contributed by atoms with Gasteiger partial charge in [-0.3, -0.25) is 9.78 Å². The molecule has 0 saturated carbocycles. The van der Waals surface area contributed by atoms with Gasteiger partial charge >= 0.3 is 0 Å². The van der Waals surface area contributed by atoms with Crippen molar-refractivity contribution in [3.63, 3.8) is 0 Å². The van der Waals surface area contributed by atoms with Gasteiger partial charge in [0.25, 0.3) is 0 Å². The largest absolute Gasteiger partial charge is 0.363 e. The van der Waals surface area contributed by atoms with Crippen LogP contribution in [-0.4, -0.2) is 45.0 Å². The van der Waals surface area contributed by atoms with E-state index in [9.17, 15) is 4.79 Å². The number of hydrogen-bond acceptors (Lipinski definition) is 7. The van der Waals surface area contributed by atoms with Gasteiger partial charge in [0.05, 0.1) is 17.8 Å². The third kappa shape index (κ3) is 4.51. The molecule has 156 valence electrons. The fourth-order valence-electron chi connectivity index (χ4n) is 3.75. The lowest BCUT2D eigenvalue weighted by Gasteiger charge is -2.20. The second-order valence-electron chi connectivity index (χ2n) is 7.61. The molecule has 0 spiro atoms. The van der Waals surface area contributed by atoms with E-state index in [0.29, 0.717) is 5.82 Å². The van der Waals surface area contributed by atoms with Gasteiger partial charge in [-0.2, -0.15) is 0 Å². The van der Waals surface area contributed by atoms with E-state index in [2.05, 4.69) is 58.3 Å². The summed E-state index contributed by atoms with van der Waals surface area (Å²) in [5.41, 5.74) is 1.85. The zero-order valence-corrected chi connectivity index (χ0v) is 18.8. The Kier molecular flexibility index (Phi) is 5.80. The average Bonchev–Trinajstić information content (AvgIpc) is 3.15. The second-order valence-corrected chi connectivity index (χ2v) is 8.53. The van der Waals surface area contributed by atoms with Crippen molar-refractivity contribution in [2.45, 2.75) is 39.3 Å². The van der Waals surface area contributed by atoms with Crippen molar-refractivity contribution in [1.82, 2.24) is 25.3 Å².